The lowest BCUT2D eigenvalue weighted by molar-refractivity contribution is -0.386. The molecule has 0 aliphatic heterocycles. The molecule has 0 aliphatic carbocycles. The molecule has 0 bridgehead atoms. The predicted octanol–water partition coefficient (Wildman–Crippen LogP) is 1.94. The molecule has 0 spiro atoms. The fourth-order valence-electron chi connectivity index (χ4n) is 1.36. The van der Waals surface area contributed by atoms with Gasteiger partial charge in [0.1, 0.15) is 5.82 Å². The first kappa shape index (κ1) is 16.8. The molecule has 0 saturated carbocycles. The second kappa shape index (κ2) is 6.95. The van der Waals surface area contributed by atoms with E-state index in [9.17, 15) is 22.9 Å². The van der Waals surface area contributed by atoms with Crippen LogP contribution in [0.15, 0.2) is 16.6 Å². The molecule has 112 valence electrons. The number of rotatable bonds is 7. The molecule has 1 aromatic rings. The van der Waals surface area contributed by atoms with Crippen molar-refractivity contribution in [2.45, 2.75) is 12.8 Å². The number of hydrogen-bond donors (Lipinski definition) is 1. The third-order valence-electron chi connectivity index (χ3n) is 2.28. The van der Waals surface area contributed by atoms with Crippen LogP contribution in [0.4, 0.5) is 10.1 Å². The molecule has 10 heteroatoms. The first-order valence-electron chi connectivity index (χ1n) is 5.47. The van der Waals surface area contributed by atoms with Crippen molar-refractivity contribution in [1.29, 1.82) is 0 Å². The van der Waals surface area contributed by atoms with Gasteiger partial charge >= 0.3 is 5.69 Å². The molecule has 0 radical (unpaired) electrons. The van der Waals surface area contributed by atoms with Crippen LogP contribution in [-0.2, 0) is 10.0 Å². The topological polar surface area (TPSA) is 113 Å². The number of nitrogens with zero attached hydrogens (tertiary/aromatic N) is 1. The minimum absolute atomic E-state index is 0.0252. The molecular weight excluding hydrogens is 359 g/mol. The third-order valence-corrected chi connectivity index (χ3v) is 3.74. The van der Waals surface area contributed by atoms with Crippen LogP contribution in [0.1, 0.15) is 12.8 Å². The van der Waals surface area contributed by atoms with Gasteiger partial charge in [-0.2, -0.15) is 0 Å². The number of benzene rings is 1. The van der Waals surface area contributed by atoms with Gasteiger partial charge < -0.3 is 4.74 Å². The Kier molecular flexibility index (Phi) is 5.84. The molecule has 0 unspecified atom stereocenters. The van der Waals surface area contributed by atoms with Gasteiger partial charge in [0, 0.05) is 12.1 Å². The summed E-state index contributed by atoms with van der Waals surface area (Å²) in [7, 11) is -3.53. The Balaban J connectivity index is 2.64. The van der Waals surface area contributed by atoms with Crippen molar-refractivity contribution in [3.05, 3.63) is 32.5 Å². The van der Waals surface area contributed by atoms with Crippen molar-refractivity contribution in [1.82, 2.24) is 0 Å². The van der Waals surface area contributed by atoms with E-state index in [-0.39, 0.29) is 34.7 Å². The molecule has 0 aliphatic rings. The molecule has 0 saturated heterocycles. The van der Waals surface area contributed by atoms with Crippen molar-refractivity contribution < 1.29 is 22.5 Å². The quantitative estimate of drug-likeness (QED) is 0.447. The summed E-state index contributed by atoms with van der Waals surface area (Å²) in [6.07, 6.45) is 0.580. The van der Waals surface area contributed by atoms with Gasteiger partial charge in [0.25, 0.3) is 0 Å². The van der Waals surface area contributed by atoms with Crippen molar-refractivity contribution in [2.75, 3.05) is 12.4 Å². The van der Waals surface area contributed by atoms with Crippen molar-refractivity contribution in [3.8, 4) is 5.75 Å². The summed E-state index contributed by atoms with van der Waals surface area (Å²) < 4.78 is 39.7. The summed E-state index contributed by atoms with van der Waals surface area (Å²) in [5.74, 6) is -1.09. The van der Waals surface area contributed by atoms with Crippen molar-refractivity contribution in [3.63, 3.8) is 0 Å². The fourth-order valence-corrected chi connectivity index (χ4v) is 2.30. The summed E-state index contributed by atoms with van der Waals surface area (Å²) in [5.41, 5.74) is -0.371. The van der Waals surface area contributed by atoms with Crippen LogP contribution >= 0.6 is 15.9 Å². The summed E-state index contributed by atoms with van der Waals surface area (Å²) >= 11 is 2.85. The van der Waals surface area contributed by atoms with Crippen LogP contribution in [0.25, 0.3) is 0 Å². The first-order chi connectivity index (χ1) is 9.20. The average molecular weight is 371 g/mol. The van der Waals surface area contributed by atoms with E-state index in [2.05, 4.69) is 15.9 Å². The largest absolute Gasteiger partial charge is 0.487 e. The smallest absolute Gasteiger partial charge is 0.312 e. The van der Waals surface area contributed by atoms with E-state index >= 15 is 0 Å². The van der Waals surface area contributed by atoms with E-state index in [4.69, 9.17) is 9.88 Å². The Labute approximate surface area is 123 Å². The van der Waals surface area contributed by atoms with Crippen molar-refractivity contribution in [2.24, 2.45) is 5.14 Å². The molecule has 0 amide bonds. The maximum atomic E-state index is 13.3. The number of unbranched alkanes of at least 4 members (excludes halogenated alkanes) is 1. The maximum absolute atomic E-state index is 13.3. The lowest BCUT2D eigenvalue weighted by Crippen LogP contribution is -2.16. The minimum atomic E-state index is -3.53. The average Bonchev–Trinajstić information content (AvgIpc) is 2.31. The number of primary sulfonamides is 1. The molecule has 1 rings (SSSR count). The Bertz CT molecular complexity index is 608. The van der Waals surface area contributed by atoms with Crippen LogP contribution in [0.5, 0.6) is 5.75 Å². The van der Waals surface area contributed by atoms with E-state index in [0.29, 0.717) is 6.42 Å². The van der Waals surface area contributed by atoms with Gasteiger partial charge in [0.05, 0.1) is 21.8 Å². The molecule has 0 heterocycles. The van der Waals surface area contributed by atoms with E-state index in [1.807, 2.05) is 0 Å². The molecule has 2 N–H and O–H groups in total. The number of sulfonamides is 1. The number of nitro groups is 1. The highest BCUT2D eigenvalue weighted by atomic mass is 79.9. The van der Waals surface area contributed by atoms with Crippen LogP contribution in [0, 0.1) is 15.9 Å². The van der Waals surface area contributed by atoms with Crippen LogP contribution in [0.3, 0.4) is 0 Å². The Morgan fingerprint density at radius 3 is 2.60 bits per heavy atom. The number of halogens is 2. The lowest BCUT2D eigenvalue weighted by atomic mass is 10.3. The maximum Gasteiger partial charge on any atom is 0.312 e. The number of nitrogens with two attached hydrogens (primary N) is 1. The first-order valence-corrected chi connectivity index (χ1v) is 7.98. The summed E-state index contributed by atoms with van der Waals surface area (Å²) in [6, 6.07) is 1.91. The molecule has 20 heavy (non-hydrogen) atoms. The summed E-state index contributed by atoms with van der Waals surface area (Å²) in [4.78, 5) is 10.1. The summed E-state index contributed by atoms with van der Waals surface area (Å²) in [6.45, 7) is 0.0252. The van der Waals surface area contributed by atoms with Crippen LogP contribution in [0.2, 0.25) is 0 Å². The van der Waals surface area contributed by atoms with Gasteiger partial charge in [-0.1, -0.05) is 0 Å². The Hall–Kier alpha value is -1.26. The van der Waals surface area contributed by atoms with Gasteiger partial charge in [-0.05, 0) is 28.8 Å². The molecule has 1 aromatic carbocycles. The SMILES string of the molecule is NS(=O)(=O)CCCCOc1cc(F)c(Br)cc1[N+](=O)[O-]. The highest BCUT2D eigenvalue weighted by Crippen LogP contribution is 2.32. The normalized spacial score (nSPS) is 11.3. The Morgan fingerprint density at radius 1 is 1.40 bits per heavy atom. The molecule has 0 aromatic heterocycles. The minimum Gasteiger partial charge on any atom is -0.487 e. The van der Waals surface area contributed by atoms with Gasteiger partial charge in [0.2, 0.25) is 10.0 Å². The molecule has 0 atom stereocenters. The van der Waals surface area contributed by atoms with Gasteiger partial charge in [0.15, 0.2) is 5.75 Å². The van der Waals surface area contributed by atoms with E-state index in [0.717, 1.165) is 12.1 Å². The van der Waals surface area contributed by atoms with E-state index < -0.39 is 20.8 Å². The molecule has 7 nitrogen and oxygen atoms in total. The highest BCUT2D eigenvalue weighted by Gasteiger charge is 2.18. The highest BCUT2D eigenvalue weighted by molar-refractivity contribution is 9.10. The van der Waals surface area contributed by atoms with Gasteiger partial charge in [-0.15, -0.1) is 0 Å². The van der Waals surface area contributed by atoms with Crippen LogP contribution in [-0.4, -0.2) is 25.7 Å². The predicted molar refractivity (Wildman–Crippen MR) is 73.5 cm³/mol. The standard InChI is InChI=1S/C10H12BrFN2O5S/c11-7-5-9(14(15)16)10(6-8(7)12)19-3-1-2-4-20(13,17)18/h5-6H,1-4H2,(H2,13,17,18). The van der Waals surface area contributed by atoms with Gasteiger partial charge in [-0.25, -0.2) is 17.9 Å². The zero-order chi connectivity index (χ0) is 15.3. The molecular formula is C10H12BrFN2O5S. The second-order valence-corrected chi connectivity index (χ2v) is 6.50. The number of nitro benzene ring substituents is 1. The molecule has 0 fully saturated rings. The number of ether oxygens (including phenoxy) is 1. The monoisotopic (exact) mass is 370 g/mol. The zero-order valence-corrected chi connectivity index (χ0v) is 12.6. The summed E-state index contributed by atoms with van der Waals surface area (Å²) in [5, 5.41) is 15.6. The van der Waals surface area contributed by atoms with Crippen LogP contribution < -0.4 is 9.88 Å². The number of hydrogen-bond acceptors (Lipinski definition) is 5. The Morgan fingerprint density at radius 2 is 2.05 bits per heavy atom. The van der Waals surface area contributed by atoms with Gasteiger partial charge in [-0.3, -0.25) is 10.1 Å². The van der Waals surface area contributed by atoms with E-state index in [1.165, 1.54) is 0 Å². The van der Waals surface area contributed by atoms with Crippen molar-refractivity contribution >= 4 is 31.6 Å². The fraction of sp³-hybridized carbons (Fsp3) is 0.400. The third kappa shape index (κ3) is 5.39. The second-order valence-electron chi connectivity index (χ2n) is 3.91. The van der Waals surface area contributed by atoms with E-state index in [1.54, 1.807) is 0 Å². The zero-order valence-electron chi connectivity index (χ0n) is 10.2. The lowest BCUT2D eigenvalue weighted by Gasteiger charge is -2.07.